The summed E-state index contributed by atoms with van der Waals surface area (Å²) in [6.45, 7) is 6.79. The van der Waals surface area contributed by atoms with Crippen molar-refractivity contribution in [3.05, 3.63) is 90.5 Å². The first kappa shape index (κ1) is 19.0. The molecule has 0 unspecified atom stereocenters. The molecule has 0 saturated carbocycles. The molecule has 0 N–H and O–H groups in total. The number of hydrogen-bond donors (Lipinski definition) is 0. The number of rotatable bonds is 1. The van der Waals surface area contributed by atoms with Crippen LogP contribution in [0.2, 0.25) is 0 Å². The molecule has 0 spiro atoms. The van der Waals surface area contributed by atoms with Gasteiger partial charge < -0.3 is 0 Å². The summed E-state index contributed by atoms with van der Waals surface area (Å²) in [5.41, 5.74) is 11.5. The predicted octanol–water partition coefficient (Wildman–Crippen LogP) is 7.10. The average molecular weight is 454 g/mol. The topological polar surface area (TPSA) is 39.0 Å². The highest BCUT2D eigenvalue weighted by atomic mass is 15.3. The second kappa shape index (κ2) is 6.19. The van der Waals surface area contributed by atoms with E-state index in [1.54, 1.807) is 0 Å². The van der Waals surface area contributed by atoms with Gasteiger partial charge in [-0.25, -0.2) is 14.4 Å². The van der Waals surface area contributed by atoms with Crippen LogP contribution in [0.3, 0.4) is 0 Å². The minimum absolute atomic E-state index is 0.0851. The highest BCUT2D eigenvalue weighted by Crippen LogP contribution is 2.38. The van der Waals surface area contributed by atoms with Gasteiger partial charge in [0, 0.05) is 0 Å². The number of nitrogens with zero attached hydrogens (tertiary/aromatic N) is 5. The van der Waals surface area contributed by atoms with Crippen LogP contribution in [0.5, 0.6) is 0 Å². The Kier molecular flexibility index (Phi) is 3.36. The number of benzene rings is 4. The molecule has 0 bridgehead atoms. The maximum atomic E-state index is 5.05. The molecule has 0 aliphatic carbocycles. The lowest BCUT2D eigenvalue weighted by Crippen LogP contribution is -2.10. The van der Waals surface area contributed by atoms with Crippen LogP contribution in [0, 0.1) is 0 Å². The minimum Gasteiger partial charge on any atom is -0.276 e. The van der Waals surface area contributed by atoms with Gasteiger partial charge in [-0.2, -0.15) is 0 Å². The Labute approximate surface area is 201 Å². The Morgan fingerprint density at radius 2 is 1.11 bits per heavy atom. The summed E-state index contributed by atoms with van der Waals surface area (Å²) in [5.74, 6) is 1.80. The first-order chi connectivity index (χ1) is 17.0. The Morgan fingerprint density at radius 3 is 1.69 bits per heavy atom. The van der Waals surface area contributed by atoms with E-state index in [1.165, 1.54) is 16.7 Å². The molecule has 8 aromatic rings. The van der Waals surface area contributed by atoms with Gasteiger partial charge in [0.05, 0.1) is 33.1 Å². The quantitative estimate of drug-likeness (QED) is 0.266. The molecule has 0 saturated heterocycles. The molecule has 4 aromatic carbocycles. The summed E-state index contributed by atoms with van der Waals surface area (Å²) in [7, 11) is 0. The fraction of sp³-hybridized carbons (Fsp3) is 0.133. The molecule has 5 nitrogen and oxygen atoms in total. The first-order valence-corrected chi connectivity index (χ1v) is 12.0. The molecule has 5 heteroatoms. The summed E-state index contributed by atoms with van der Waals surface area (Å²) in [6.07, 6.45) is 0. The van der Waals surface area contributed by atoms with Crippen molar-refractivity contribution in [2.24, 2.45) is 0 Å². The number of para-hydroxylation sites is 4. The van der Waals surface area contributed by atoms with E-state index in [0.29, 0.717) is 0 Å². The van der Waals surface area contributed by atoms with Gasteiger partial charge in [-0.1, -0.05) is 69.3 Å². The number of aromatic nitrogens is 5. The maximum Gasteiger partial charge on any atom is 0.223 e. The van der Waals surface area contributed by atoms with Gasteiger partial charge in [-0.05, 0) is 58.5 Å². The van der Waals surface area contributed by atoms with Crippen molar-refractivity contribution in [1.82, 2.24) is 23.2 Å². The second-order valence-corrected chi connectivity index (χ2v) is 10.5. The van der Waals surface area contributed by atoms with Crippen LogP contribution in [-0.2, 0) is 5.41 Å². The SMILES string of the molecule is CC(C)(C)c1cccc(-c2cc3c4c(c2)n2c5ccccc5nc2n4c2nc4ccccc4n32)c1. The molecule has 0 fully saturated rings. The summed E-state index contributed by atoms with van der Waals surface area (Å²) >= 11 is 0. The summed E-state index contributed by atoms with van der Waals surface area (Å²) in [6, 6.07) is 30.3. The molecule has 8 rings (SSSR count). The molecule has 168 valence electrons. The number of hydrogen-bond acceptors (Lipinski definition) is 2. The van der Waals surface area contributed by atoms with Crippen molar-refractivity contribution in [3.8, 4) is 11.1 Å². The molecule has 0 amide bonds. The molecular formula is C30H23N5. The lowest BCUT2D eigenvalue weighted by molar-refractivity contribution is 0.590. The van der Waals surface area contributed by atoms with Crippen LogP contribution in [0.1, 0.15) is 26.3 Å². The van der Waals surface area contributed by atoms with Gasteiger partial charge in [-0.15, -0.1) is 0 Å². The molecule has 4 aromatic heterocycles. The van der Waals surface area contributed by atoms with Crippen LogP contribution in [0.4, 0.5) is 0 Å². The highest BCUT2D eigenvalue weighted by Gasteiger charge is 2.24. The summed E-state index contributed by atoms with van der Waals surface area (Å²) in [5, 5.41) is 0. The second-order valence-electron chi connectivity index (χ2n) is 10.5. The summed E-state index contributed by atoms with van der Waals surface area (Å²) < 4.78 is 6.79. The van der Waals surface area contributed by atoms with Gasteiger partial charge in [0.2, 0.25) is 11.6 Å². The van der Waals surface area contributed by atoms with Crippen molar-refractivity contribution < 1.29 is 0 Å². The fourth-order valence-electron chi connectivity index (χ4n) is 5.60. The molecule has 35 heavy (non-hydrogen) atoms. The largest absolute Gasteiger partial charge is 0.276 e. The average Bonchev–Trinajstić information content (AvgIpc) is 3.57. The molecule has 0 aliphatic heterocycles. The van der Waals surface area contributed by atoms with Crippen LogP contribution in [0.15, 0.2) is 84.9 Å². The Balaban J connectivity index is 1.60. The van der Waals surface area contributed by atoms with E-state index < -0.39 is 0 Å². The van der Waals surface area contributed by atoms with E-state index >= 15 is 0 Å². The van der Waals surface area contributed by atoms with Gasteiger partial charge in [0.15, 0.2) is 0 Å². The summed E-state index contributed by atoms with van der Waals surface area (Å²) in [4.78, 5) is 10.1. The molecule has 0 aliphatic rings. The number of imidazole rings is 4. The zero-order chi connectivity index (χ0) is 23.5. The lowest BCUT2D eigenvalue weighted by atomic mass is 9.85. The molecule has 0 atom stereocenters. The van der Waals surface area contributed by atoms with Gasteiger partial charge in [0.1, 0.15) is 5.52 Å². The molecule has 0 radical (unpaired) electrons. The highest BCUT2D eigenvalue weighted by molar-refractivity contribution is 6.05. The first-order valence-electron chi connectivity index (χ1n) is 12.0. The Bertz CT molecular complexity index is 1980. The van der Waals surface area contributed by atoms with Crippen molar-refractivity contribution in [2.45, 2.75) is 26.2 Å². The maximum absolute atomic E-state index is 5.05. The Morgan fingerprint density at radius 1 is 0.543 bits per heavy atom. The van der Waals surface area contributed by atoms with E-state index in [-0.39, 0.29) is 5.41 Å². The van der Waals surface area contributed by atoms with Gasteiger partial charge in [-0.3, -0.25) is 8.80 Å². The third kappa shape index (κ3) is 2.37. The van der Waals surface area contributed by atoms with Crippen LogP contribution >= 0.6 is 0 Å². The minimum atomic E-state index is 0.0851. The third-order valence-electron chi connectivity index (χ3n) is 7.32. The van der Waals surface area contributed by atoms with Crippen molar-refractivity contribution in [3.63, 3.8) is 0 Å². The van der Waals surface area contributed by atoms with Gasteiger partial charge >= 0.3 is 0 Å². The van der Waals surface area contributed by atoms with E-state index in [1.807, 2.05) is 12.1 Å². The smallest absolute Gasteiger partial charge is 0.223 e. The van der Waals surface area contributed by atoms with E-state index in [2.05, 4.69) is 107 Å². The van der Waals surface area contributed by atoms with Crippen molar-refractivity contribution in [2.75, 3.05) is 0 Å². The molecular weight excluding hydrogens is 430 g/mol. The van der Waals surface area contributed by atoms with Crippen LogP contribution < -0.4 is 0 Å². The zero-order valence-corrected chi connectivity index (χ0v) is 19.8. The fourth-order valence-corrected chi connectivity index (χ4v) is 5.60. The van der Waals surface area contributed by atoms with Gasteiger partial charge in [0.25, 0.3) is 0 Å². The Hall–Kier alpha value is -4.38. The van der Waals surface area contributed by atoms with E-state index in [0.717, 1.165) is 50.2 Å². The van der Waals surface area contributed by atoms with Crippen molar-refractivity contribution >= 4 is 50.2 Å². The normalized spacial score (nSPS) is 13.0. The van der Waals surface area contributed by atoms with Crippen molar-refractivity contribution in [1.29, 1.82) is 0 Å². The lowest BCUT2D eigenvalue weighted by Gasteiger charge is -2.20. The van der Waals surface area contributed by atoms with Crippen LogP contribution in [-0.4, -0.2) is 23.2 Å². The number of fused-ring (bicyclic) bond motifs is 10. The monoisotopic (exact) mass is 453 g/mol. The van der Waals surface area contributed by atoms with E-state index in [4.69, 9.17) is 9.97 Å². The predicted molar refractivity (Wildman–Crippen MR) is 143 cm³/mol. The molecule has 4 heterocycles. The van der Waals surface area contributed by atoms with E-state index in [9.17, 15) is 0 Å². The zero-order valence-electron chi connectivity index (χ0n) is 19.8. The van der Waals surface area contributed by atoms with Crippen LogP contribution in [0.25, 0.3) is 61.3 Å². The third-order valence-corrected chi connectivity index (χ3v) is 7.32. The standard InChI is InChI=1S/C30H23N5/c1-30(2,3)20-10-8-9-18(15-20)19-16-25-27-26(17-19)34-24-14-7-5-12-22(24)32-29(34)35(27)28-31-21-11-4-6-13-23(21)33(25)28/h4-17H,1-3H3.